The Morgan fingerprint density at radius 1 is 1.17 bits per heavy atom. The molecule has 0 aromatic carbocycles. The van der Waals surface area contributed by atoms with Crippen molar-refractivity contribution >= 4 is 11.6 Å². The fourth-order valence-electron chi connectivity index (χ4n) is 0.840. The third-order valence-corrected chi connectivity index (χ3v) is 1.62. The van der Waals surface area contributed by atoms with E-state index in [4.69, 9.17) is 11.6 Å². The van der Waals surface area contributed by atoms with E-state index < -0.39 is 0 Å². The molecule has 0 fully saturated rings. The van der Waals surface area contributed by atoms with E-state index >= 15 is 0 Å². The predicted molar refractivity (Wildman–Crippen MR) is 44.2 cm³/mol. The van der Waals surface area contributed by atoms with Crippen LogP contribution in [0.3, 0.4) is 0 Å². The molecule has 12 heavy (non-hydrogen) atoms. The summed E-state index contributed by atoms with van der Waals surface area (Å²) in [5.41, 5.74) is 0. The van der Waals surface area contributed by atoms with Gasteiger partial charge >= 0.3 is 0 Å². The van der Waals surface area contributed by atoms with E-state index in [0.29, 0.717) is 5.02 Å². The molecule has 0 aliphatic heterocycles. The lowest BCUT2D eigenvalue weighted by molar-refractivity contribution is 0.991. The first-order chi connectivity index (χ1) is 5.86. The number of rotatable bonds is 1. The first kappa shape index (κ1) is 7.24. The van der Waals surface area contributed by atoms with Gasteiger partial charge in [0, 0.05) is 6.20 Å². The molecular formula is C7H5ClN4. The average Bonchev–Trinajstić information content (AvgIpc) is 2.58. The molecule has 2 heterocycles. The van der Waals surface area contributed by atoms with Gasteiger partial charge in [-0.3, -0.25) is 4.57 Å². The number of hydrogen-bond donors (Lipinski definition) is 0. The molecule has 2 aromatic rings. The SMILES string of the molecule is Clc1ccc(-n2cnnc2)nc1. The zero-order valence-electron chi connectivity index (χ0n) is 6.05. The Kier molecular flexibility index (Phi) is 1.75. The lowest BCUT2D eigenvalue weighted by Crippen LogP contribution is -1.92. The van der Waals surface area contributed by atoms with Crippen molar-refractivity contribution in [3.05, 3.63) is 36.0 Å². The van der Waals surface area contributed by atoms with Gasteiger partial charge in [0.15, 0.2) is 0 Å². The molecule has 2 aromatic heterocycles. The molecule has 0 saturated carbocycles. The molecule has 5 heteroatoms. The van der Waals surface area contributed by atoms with E-state index in [9.17, 15) is 0 Å². The Hall–Kier alpha value is -1.42. The molecule has 0 unspecified atom stereocenters. The number of aromatic nitrogens is 4. The second kappa shape index (κ2) is 2.91. The summed E-state index contributed by atoms with van der Waals surface area (Å²) < 4.78 is 1.70. The van der Waals surface area contributed by atoms with Crippen LogP contribution in [0.25, 0.3) is 5.82 Å². The Morgan fingerprint density at radius 2 is 1.92 bits per heavy atom. The zero-order valence-corrected chi connectivity index (χ0v) is 6.81. The highest BCUT2D eigenvalue weighted by atomic mass is 35.5. The van der Waals surface area contributed by atoms with E-state index in [-0.39, 0.29) is 0 Å². The summed E-state index contributed by atoms with van der Waals surface area (Å²) in [4.78, 5) is 4.07. The highest BCUT2D eigenvalue weighted by Gasteiger charge is 1.95. The predicted octanol–water partition coefficient (Wildman–Crippen LogP) is 1.32. The first-order valence-electron chi connectivity index (χ1n) is 3.33. The largest absolute Gasteiger partial charge is 0.272 e. The fraction of sp³-hybridized carbons (Fsp3) is 0. The molecular weight excluding hydrogens is 176 g/mol. The van der Waals surface area contributed by atoms with Crippen molar-refractivity contribution < 1.29 is 0 Å². The number of nitrogens with zero attached hydrogens (tertiary/aromatic N) is 4. The van der Waals surface area contributed by atoms with Crippen LogP contribution in [-0.4, -0.2) is 19.7 Å². The zero-order chi connectivity index (χ0) is 8.39. The van der Waals surface area contributed by atoms with Crippen molar-refractivity contribution in [2.45, 2.75) is 0 Å². The summed E-state index contributed by atoms with van der Waals surface area (Å²) in [7, 11) is 0. The Morgan fingerprint density at radius 3 is 2.50 bits per heavy atom. The molecule has 0 amide bonds. The summed E-state index contributed by atoms with van der Waals surface area (Å²) in [5.74, 6) is 0.754. The smallest absolute Gasteiger partial charge is 0.139 e. The van der Waals surface area contributed by atoms with Crippen LogP contribution >= 0.6 is 11.6 Å². The quantitative estimate of drug-likeness (QED) is 0.665. The van der Waals surface area contributed by atoms with Gasteiger partial charge in [0.25, 0.3) is 0 Å². The van der Waals surface area contributed by atoms with Gasteiger partial charge in [-0.2, -0.15) is 0 Å². The van der Waals surface area contributed by atoms with Gasteiger partial charge < -0.3 is 0 Å². The van der Waals surface area contributed by atoms with Gasteiger partial charge in [-0.1, -0.05) is 11.6 Å². The van der Waals surface area contributed by atoms with Gasteiger partial charge in [0.1, 0.15) is 18.5 Å². The third kappa shape index (κ3) is 1.29. The van der Waals surface area contributed by atoms with Gasteiger partial charge in [-0.05, 0) is 12.1 Å². The van der Waals surface area contributed by atoms with Crippen molar-refractivity contribution in [2.75, 3.05) is 0 Å². The van der Waals surface area contributed by atoms with E-state index in [2.05, 4.69) is 15.2 Å². The van der Waals surface area contributed by atoms with Crippen LogP contribution in [-0.2, 0) is 0 Å². The molecule has 0 radical (unpaired) electrons. The number of halogens is 1. The van der Waals surface area contributed by atoms with Crippen LogP contribution in [0.5, 0.6) is 0 Å². The van der Waals surface area contributed by atoms with Crippen molar-refractivity contribution in [3.8, 4) is 5.82 Å². The molecule has 0 spiro atoms. The van der Waals surface area contributed by atoms with Crippen molar-refractivity contribution in [1.29, 1.82) is 0 Å². The first-order valence-corrected chi connectivity index (χ1v) is 3.70. The van der Waals surface area contributed by atoms with Gasteiger partial charge in [0.05, 0.1) is 5.02 Å². The molecule has 0 atom stereocenters. The molecule has 0 bridgehead atoms. The standard InChI is InChI=1S/C7H5ClN4/c8-6-1-2-7(9-3-6)12-4-10-11-5-12/h1-5H. The molecule has 0 aliphatic carbocycles. The topological polar surface area (TPSA) is 43.6 Å². The van der Waals surface area contributed by atoms with Gasteiger partial charge in [0.2, 0.25) is 0 Å². The monoisotopic (exact) mass is 180 g/mol. The maximum atomic E-state index is 5.67. The minimum Gasteiger partial charge on any atom is -0.272 e. The summed E-state index contributed by atoms with van der Waals surface area (Å²) >= 11 is 5.67. The van der Waals surface area contributed by atoms with E-state index in [1.807, 2.05) is 0 Å². The number of hydrogen-bond acceptors (Lipinski definition) is 3. The summed E-state index contributed by atoms with van der Waals surface area (Å²) in [5, 5.41) is 7.94. The highest BCUT2D eigenvalue weighted by molar-refractivity contribution is 6.30. The van der Waals surface area contributed by atoms with Crippen LogP contribution in [0.2, 0.25) is 5.02 Å². The lowest BCUT2D eigenvalue weighted by atomic mass is 10.4. The second-order valence-electron chi connectivity index (χ2n) is 2.20. The fourth-order valence-corrected chi connectivity index (χ4v) is 0.952. The van der Waals surface area contributed by atoms with Crippen LogP contribution in [0.1, 0.15) is 0 Å². The molecule has 2 rings (SSSR count). The normalized spacial score (nSPS) is 10.1. The van der Waals surface area contributed by atoms with Crippen molar-refractivity contribution in [3.63, 3.8) is 0 Å². The number of pyridine rings is 1. The Bertz CT molecular complexity index is 353. The van der Waals surface area contributed by atoms with E-state index in [0.717, 1.165) is 5.82 Å². The minimum absolute atomic E-state index is 0.617. The van der Waals surface area contributed by atoms with Crippen LogP contribution in [0, 0.1) is 0 Å². The third-order valence-electron chi connectivity index (χ3n) is 1.40. The van der Waals surface area contributed by atoms with Crippen LogP contribution < -0.4 is 0 Å². The summed E-state index contributed by atoms with van der Waals surface area (Å²) in [6.07, 6.45) is 4.74. The molecule has 0 N–H and O–H groups in total. The summed E-state index contributed by atoms with van der Waals surface area (Å²) in [6.45, 7) is 0. The van der Waals surface area contributed by atoms with Gasteiger partial charge in [-0.25, -0.2) is 4.98 Å². The molecule has 0 saturated heterocycles. The molecule has 4 nitrogen and oxygen atoms in total. The molecule has 0 aliphatic rings. The highest BCUT2D eigenvalue weighted by Crippen LogP contribution is 2.08. The maximum absolute atomic E-state index is 5.67. The van der Waals surface area contributed by atoms with Crippen LogP contribution in [0.15, 0.2) is 31.0 Å². The van der Waals surface area contributed by atoms with Crippen molar-refractivity contribution in [1.82, 2.24) is 19.7 Å². The Labute approximate surface area is 73.8 Å². The van der Waals surface area contributed by atoms with E-state index in [1.54, 1.807) is 35.6 Å². The average molecular weight is 181 g/mol. The van der Waals surface area contributed by atoms with Crippen molar-refractivity contribution in [2.24, 2.45) is 0 Å². The van der Waals surface area contributed by atoms with E-state index in [1.165, 1.54) is 0 Å². The minimum atomic E-state index is 0.617. The lowest BCUT2D eigenvalue weighted by Gasteiger charge is -1.97. The summed E-state index contributed by atoms with van der Waals surface area (Å²) in [6, 6.07) is 3.57. The van der Waals surface area contributed by atoms with Crippen LogP contribution in [0.4, 0.5) is 0 Å². The second-order valence-corrected chi connectivity index (χ2v) is 2.64. The molecule has 60 valence electrons. The Balaban J connectivity index is 2.43. The maximum Gasteiger partial charge on any atom is 0.139 e. The van der Waals surface area contributed by atoms with Gasteiger partial charge in [-0.15, -0.1) is 10.2 Å².